The normalized spacial score (nSPS) is 11.6. The van der Waals surface area contributed by atoms with E-state index >= 15 is 0 Å². The number of aromatic carboxylic acids is 1. The number of rotatable bonds is 4. The summed E-state index contributed by atoms with van der Waals surface area (Å²) in [7, 11) is -3.86. The summed E-state index contributed by atoms with van der Waals surface area (Å²) < 4.78 is 38.9. The Morgan fingerprint density at radius 2 is 2.05 bits per heavy atom. The van der Waals surface area contributed by atoms with Crippen LogP contribution in [0.4, 0.5) is 4.39 Å². The SMILES string of the molecule is Cc1c(F)cc(C(=O)O)cc1S(=O)(=O)Cc1ccc(Cl)s1. The van der Waals surface area contributed by atoms with Crippen molar-refractivity contribution in [2.45, 2.75) is 17.6 Å². The number of thiophene rings is 1. The van der Waals surface area contributed by atoms with E-state index < -0.39 is 27.2 Å². The van der Waals surface area contributed by atoms with E-state index in [1.165, 1.54) is 6.92 Å². The lowest BCUT2D eigenvalue weighted by Gasteiger charge is -2.09. The summed E-state index contributed by atoms with van der Waals surface area (Å²) in [5, 5.41) is 8.91. The number of halogens is 2. The molecule has 0 spiro atoms. The van der Waals surface area contributed by atoms with Gasteiger partial charge in [0.25, 0.3) is 0 Å². The molecule has 1 heterocycles. The minimum atomic E-state index is -3.86. The van der Waals surface area contributed by atoms with Crippen molar-refractivity contribution in [1.29, 1.82) is 0 Å². The van der Waals surface area contributed by atoms with E-state index in [1.807, 2.05) is 0 Å². The average molecular weight is 349 g/mol. The van der Waals surface area contributed by atoms with Crippen LogP contribution in [0, 0.1) is 12.7 Å². The van der Waals surface area contributed by atoms with Gasteiger partial charge >= 0.3 is 5.97 Å². The third-order valence-electron chi connectivity index (χ3n) is 2.84. The van der Waals surface area contributed by atoms with Gasteiger partial charge in [-0.15, -0.1) is 11.3 Å². The molecule has 0 amide bonds. The maximum Gasteiger partial charge on any atom is 0.335 e. The summed E-state index contributed by atoms with van der Waals surface area (Å²) in [4.78, 5) is 11.1. The lowest BCUT2D eigenvalue weighted by molar-refractivity contribution is 0.0696. The monoisotopic (exact) mass is 348 g/mol. The average Bonchev–Trinajstić information content (AvgIpc) is 2.76. The minimum Gasteiger partial charge on any atom is -0.478 e. The number of benzene rings is 1. The summed E-state index contributed by atoms with van der Waals surface area (Å²) in [6.07, 6.45) is 0. The quantitative estimate of drug-likeness (QED) is 0.917. The van der Waals surface area contributed by atoms with Gasteiger partial charge in [0, 0.05) is 10.4 Å². The molecule has 0 saturated heterocycles. The molecule has 4 nitrogen and oxygen atoms in total. The fourth-order valence-electron chi connectivity index (χ4n) is 1.79. The smallest absolute Gasteiger partial charge is 0.335 e. The first-order chi connectivity index (χ1) is 9.70. The zero-order valence-corrected chi connectivity index (χ0v) is 13.1. The number of hydrogen-bond acceptors (Lipinski definition) is 4. The maximum absolute atomic E-state index is 13.7. The third kappa shape index (κ3) is 3.42. The van der Waals surface area contributed by atoms with Gasteiger partial charge in [-0.3, -0.25) is 0 Å². The lowest BCUT2D eigenvalue weighted by Crippen LogP contribution is -2.10. The first-order valence-corrected chi connectivity index (χ1v) is 8.56. The molecule has 112 valence electrons. The Hall–Kier alpha value is -1.44. The van der Waals surface area contributed by atoms with Crippen LogP contribution in [0.5, 0.6) is 0 Å². The molecule has 0 radical (unpaired) electrons. The lowest BCUT2D eigenvalue weighted by atomic mass is 10.1. The van der Waals surface area contributed by atoms with E-state index in [9.17, 15) is 17.6 Å². The summed E-state index contributed by atoms with van der Waals surface area (Å²) in [6.45, 7) is 1.30. The molecule has 1 aromatic carbocycles. The molecular weight excluding hydrogens is 339 g/mol. The second kappa shape index (κ2) is 5.75. The molecule has 1 N–H and O–H groups in total. The molecule has 0 aliphatic rings. The predicted octanol–water partition coefficient (Wildman–Crippen LogP) is 3.52. The molecule has 0 atom stereocenters. The largest absolute Gasteiger partial charge is 0.478 e. The van der Waals surface area contributed by atoms with Gasteiger partial charge in [0.1, 0.15) is 5.82 Å². The van der Waals surface area contributed by atoms with Gasteiger partial charge in [-0.05, 0) is 31.2 Å². The summed E-state index contributed by atoms with van der Waals surface area (Å²) in [5.41, 5.74) is -0.497. The van der Waals surface area contributed by atoms with E-state index in [-0.39, 0.29) is 16.2 Å². The van der Waals surface area contributed by atoms with Gasteiger partial charge < -0.3 is 5.11 Å². The first-order valence-electron chi connectivity index (χ1n) is 5.71. The van der Waals surface area contributed by atoms with E-state index in [2.05, 4.69) is 0 Å². The number of hydrogen-bond donors (Lipinski definition) is 1. The van der Waals surface area contributed by atoms with Crippen LogP contribution in [-0.2, 0) is 15.6 Å². The van der Waals surface area contributed by atoms with E-state index in [0.29, 0.717) is 9.21 Å². The number of carbonyl (C=O) groups is 1. The second-order valence-corrected chi connectivity index (χ2v) is 8.11. The highest BCUT2D eigenvalue weighted by atomic mass is 35.5. The Morgan fingerprint density at radius 1 is 1.38 bits per heavy atom. The van der Waals surface area contributed by atoms with Gasteiger partial charge in [0.15, 0.2) is 9.84 Å². The van der Waals surface area contributed by atoms with Crippen LogP contribution >= 0.6 is 22.9 Å². The van der Waals surface area contributed by atoms with Gasteiger partial charge in [0.2, 0.25) is 0 Å². The molecule has 0 aliphatic carbocycles. The van der Waals surface area contributed by atoms with Crippen molar-refractivity contribution in [3.8, 4) is 0 Å². The first kappa shape index (κ1) is 15.9. The van der Waals surface area contributed by atoms with Gasteiger partial charge in [-0.25, -0.2) is 17.6 Å². The molecule has 0 unspecified atom stereocenters. The fraction of sp³-hybridized carbons (Fsp3) is 0.154. The van der Waals surface area contributed by atoms with Crippen molar-refractivity contribution in [2.24, 2.45) is 0 Å². The Kier molecular flexibility index (Phi) is 4.36. The van der Waals surface area contributed by atoms with E-state index in [0.717, 1.165) is 23.5 Å². The highest BCUT2D eigenvalue weighted by Crippen LogP contribution is 2.28. The molecule has 0 bridgehead atoms. The van der Waals surface area contributed by atoms with Gasteiger partial charge in [0.05, 0.1) is 20.5 Å². The second-order valence-electron chi connectivity index (χ2n) is 4.35. The number of carboxylic acid groups (broad SMARTS) is 1. The topological polar surface area (TPSA) is 71.4 Å². The van der Waals surface area contributed by atoms with Gasteiger partial charge in [-0.2, -0.15) is 0 Å². The predicted molar refractivity (Wildman–Crippen MR) is 78.3 cm³/mol. The standard InChI is InChI=1S/C13H10ClFO4S2/c1-7-10(15)4-8(13(16)17)5-11(7)21(18,19)6-9-2-3-12(14)20-9/h2-5H,6H2,1H3,(H,16,17). The van der Waals surface area contributed by atoms with Crippen molar-refractivity contribution in [3.63, 3.8) is 0 Å². The molecule has 21 heavy (non-hydrogen) atoms. The number of carboxylic acids is 1. The van der Waals surface area contributed by atoms with E-state index in [4.69, 9.17) is 16.7 Å². The van der Waals surface area contributed by atoms with Crippen LogP contribution in [-0.4, -0.2) is 19.5 Å². The Bertz CT molecular complexity index is 812. The summed E-state index contributed by atoms with van der Waals surface area (Å²) in [6, 6.07) is 4.92. The van der Waals surface area contributed by atoms with Crippen LogP contribution in [0.2, 0.25) is 4.34 Å². The maximum atomic E-state index is 13.7. The van der Waals surface area contributed by atoms with E-state index in [1.54, 1.807) is 12.1 Å². The van der Waals surface area contributed by atoms with Crippen molar-refractivity contribution >= 4 is 38.7 Å². The van der Waals surface area contributed by atoms with Crippen LogP contribution < -0.4 is 0 Å². The molecule has 2 rings (SSSR count). The van der Waals surface area contributed by atoms with Crippen LogP contribution in [0.3, 0.4) is 0 Å². The molecule has 0 fully saturated rings. The zero-order chi connectivity index (χ0) is 15.8. The van der Waals surface area contributed by atoms with Crippen molar-refractivity contribution in [3.05, 3.63) is 50.4 Å². The third-order valence-corrected chi connectivity index (χ3v) is 6.04. The highest BCUT2D eigenvalue weighted by Gasteiger charge is 2.23. The van der Waals surface area contributed by atoms with Crippen molar-refractivity contribution < 1.29 is 22.7 Å². The van der Waals surface area contributed by atoms with Gasteiger partial charge in [-0.1, -0.05) is 11.6 Å². The molecule has 2 aromatic rings. The van der Waals surface area contributed by atoms with Crippen molar-refractivity contribution in [2.75, 3.05) is 0 Å². The molecular formula is C13H10ClFO4S2. The summed E-state index contributed by atoms with van der Waals surface area (Å²) in [5.74, 6) is -2.60. The Morgan fingerprint density at radius 3 is 2.57 bits per heavy atom. The van der Waals surface area contributed by atoms with Crippen LogP contribution in [0.25, 0.3) is 0 Å². The molecule has 1 aromatic heterocycles. The zero-order valence-electron chi connectivity index (χ0n) is 10.8. The fourth-order valence-corrected chi connectivity index (χ4v) is 4.88. The molecule has 0 aliphatic heterocycles. The van der Waals surface area contributed by atoms with Crippen LogP contribution in [0.1, 0.15) is 20.8 Å². The highest BCUT2D eigenvalue weighted by molar-refractivity contribution is 7.90. The Labute approximate surface area is 129 Å². The molecule has 8 heteroatoms. The summed E-state index contributed by atoms with van der Waals surface area (Å²) >= 11 is 6.85. The van der Waals surface area contributed by atoms with Crippen LogP contribution in [0.15, 0.2) is 29.2 Å². The van der Waals surface area contributed by atoms with Crippen molar-refractivity contribution in [1.82, 2.24) is 0 Å². The number of sulfone groups is 1. The molecule has 0 saturated carbocycles. The Balaban J connectivity index is 2.51. The minimum absolute atomic E-state index is 0.0948.